The third kappa shape index (κ3) is 3.74. The number of anilines is 1. The van der Waals surface area contributed by atoms with Crippen LogP contribution >= 0.6 is 11.3 Å². The first kappa shape index (κ1) is 19.1. The van der Waals surface area contributed by atoms with Gasteiger partial charge in [0.2, 0.25) is 0 Å². The van der Waals surface area contributed by atoms with E-state index in [0.717, 1.165) is 28.4 Å². The molecule has 0 spiro atoms. The van der Waals surface area contributed by atoms with E-state index in [1.165, 1.54) is 35.6 Å². The molecule has 1 aromatic carbocycles. The van der Waals surface area contributed by atoms with E-state index in [4.69, 9.17) is 5.11 Å². The molecule has 9 heteroatoms. The highest BCUT2D eigenvalue weighted by atomic mass is 32.2. The molecule has 0 bridgehead atoms. The molecule has 0 atom stereocenters. The highest BCUT2D eigenvalue weighted by Crippen LogP contribution is 2.35. The first-order chi connectivity index (χ1) is 12.7. The van der Waals surface area contributed by atoms with Gasteiger partial charge in [0.1, 0.15) is 4.21 Å². The lowest BCUT2D eigenvalue weighted by atomic mass is 10.1. The van der Waals surface area contributed by atoms with Crippen LogP contribution in [0.2, 0.25) is 0 Å². The average molecular weight is 406 g/mol. The Morgan fingerprint density at radius 3 is 2.41 bits per heavy atom. The fraction of sp³-hybridized carbons (Fsp3) is 0.222. The number of benzene rings is 1. The molecular weight excluding hydrogens is 386 g/mol. The summed E-state index contributed by atoms with van der Waals surface area (Å²) >= 11 is 1.17. The molecule has 2 heterocycles. The summed E-state index contributed by atoms with van der Waals surface area (Å²) in [5.74, 6) is -1.06. The van der Waals surface area contributed by atoms with E-state index in [2.05, 4.69) is 9.82 Å². The maximum absolute atomic E-state index is 12.7. The number of sulfonamides is 1. The van der Waals surface area contributed by atoms with Crippen molar-refractivity contribution in [2.75, 3.05) is 4.72 Å². The van der Waals surface area contributed by atoms with Crippen molar-refractivity contribution in [3.63, 3.8) is 0 Å². The van der Waals surface area contributed by atoms with Gasteiger partial charge in [-0.1, -0.05) is 0 Å². The van der Waals surface area contributed by atoms with E-state index in [0.29, 0.717) is 5.69 Å². The molecular formula is C18H19N3O4S2. The van der Waals surface area contributed by atoms with E-state index in [1.54, 1.807) is 12.1 Å². The SMILES string of the molecule is CCn1nc(C)c(-c2ccc(S(=O)(=O)Nc3ccc(C(=O)O)cc3)s2)c1C. The van der Waals surface area contributed by atoms with Gasteiger partial charge in [-0.2, -0.15) is 5.10 Å². The minimum atomic E-state index is -3.76. The fourth-order valence-electron chi connectivity index (χ4n) is 2.85. The van der Waals surface area contributed by atoms with Crippen LogP contribution < -0.4 is 4.72 Å². The van der Waals surface area contributed by atoms with E-state index in [-0.39, 0.29) is 9.77 Å². The molecule has 0 amide bonds. The molecule has 2 N–H and O–H groups in total. The molecule has 0 aliphatic rings. The molecule has 3 rings (SSSR count). The van der Waals surface area contributed by atoms with Crippen molar-refractivity contribution in [2.24, 2.45) is 0 Å². The zero-order valence-electron chi connectivity index (χ0n) is 15.1. The number of nitrogens with one attached hydrogen (secondary N) is 1. The fourth-order valence-corrected chi connectivity index (χ4v) is 5.36. The highest BCUT2D eigenvalue weighted by molar-refractivity contribution is 7.94. The summed E-state index contributed by atoms with van der Waals surface area (Å²) in [6, 6.07) is 8.90. The molecule has 0 fully saturated rings. The van der Waals surface area contributed by atoms with E-state index < -0.39 is 16.0 Å². The molecule has 0 saturated heterocycles. The minimum absolute atomic E-state index is 0.0928. The number of aryl methyl sites for hydroxylation is 2. The maximum Gasteiger partial charge on any atom is 0.335 e. The monoisotopic (exact) mass is 405 g/mol. The summed E-state index contributed by atoms with van der Waals surface area (Å²) < 4.78 is 29.9. The van der Waals surface area contributed by atoms with Gasteiger partial charge in [0.25, 0.3) is 10.0 Å². The molecule has 27 heavy (non-hydrogen) atoms. The number of aromatic carboxylic acids is 1. The second-order valence-electron chi connectivity index (χ2n) is 5.97. The van der Waals surface area contributed by atoms with Gasteiger partial charge in [-0.15, -0.1) is 11.3 Å². The summed E-state index contributed by atoms with van der Waals surface area (Å²) in [6.45, 7) is 6.63. The molecule has 0 radical (unpaired) electrons. The van der Waals surface area contributed by atoms with Crippen LogP contribution in [0, 0.1) is 13.8 Å². The Kier molecular flexibility index (Phi) is 5.07. The topological polar surface area (TPSA) is 101 Å². The van der Waals surface area contributed by atoms with Crippen molar-refractivity contribution in [1.82, 2.24) is 9.78 Å². The average Bonchev–Trinajstić information content (AvgIpc) is 3.20. The quantitative estimate of drug-likeness (QED) is 0.650. The Bertz CT molecular complexity index is 1100. The van der Waals surface area contributed by atoms with Gasteiger partial charge in [-0.25, -0.2) is 13.2 Å². The molecule has 0 aliphatic heterocycles. The van der Waals surface area contributed by atoms with Gasteiger partial charge in [-0.05, 0) is 57.2 Å². The van der Waals surface area contributed by atoms with Gasteiger partial charge in [0.15, 0.2) is 0 Å². The van der Waals surface area contributed by atoms with Gasteiger partial charge in [-0.3, -0.25) is 9.40 Å². The van der Waals surface area contributed by atoms with Gasteiger partial charge in [0, 0.05) is 28.4 Å². The smallest absolute Gasteiger partial charge is 0.335 e. The Labute approximate surface area is 161 Å². The molecule has 142 valence electrons. The number of aromatic nitrogens is 2. The summed E-state index contributed by atoms with van der Waals surface area (Å²) in [5.41, 5.74) is 3.21. The largest absolute Gasteiger partial charge is 0.478 e. The van der Waals surface area contributed by atoms with Crippen LogP contribution in [0.4, 0.5) is 5.69 Å². The Balaban J connectivity index is 1.89. The number of rotatable bonds is 6. The number of thiophene rings is 1. The third-order valence-electron chi connectivity index (χ3n) is 4.16. The van der Waals surface area contributed by atoms with Crippen LogP contribution in [0.5, 0.6) is 0 Å². The van der Waals surface area contributed by atoms with Crippen LogP contribution in [0.25, 0.3) is 10.4 Å². The first-order valence-electron chi connectivity index (χ1n) is 8.23. The first-order valence-corrected chi connectivity index (χ1v) is 10.5. The molecule has 0 saturated carbocycles. The highest BCUT2D eigenvalue weighted by Gasteiger charge is 2.21. The van der Waals surface area contributed by atoms with Crippen LogP contribution in [0.3, 0.4) is 0 Å². The van der Waals surface area contributed by atoms with E-state index >= 15 is 0 Å². The van der Waals surface area contributed by atoms with Gasteiger partial charge >= 0.3 is 5.97 Å². The van der Waals surface area contributed by atoms with Gasteiger partial charge < -0.3 is 5.11 Å². The lowest BCUT2D eigenvalue weighted by Gasteiger charge is -2.06. The third-order valence-corrected chi connectivity index (χ3v) is 7.13. The van der Waals surface area contributed by atoms with Crippen LogP contribution in [-0.4, -0.2) is 29.3 Å². The van der Waals surface area contributed by atoms with Crippen LogP contribution in [0.1, 0.15) is 28.7 Å². The van der Waals surface area contributed by atoms with Crippen molar-refractivity contribution in [2.45, 2.75) is 31.5 Å². The number of carboxylic acid groups (broad SMARTS) is 1. The number of hydrogen-bond acceptors (Lipinski definition) is 5. The summed E-state index contributed by atoms with van der Waals surface area (Å²) in [5, 5.41) is 13.4. The van der Waals surface area contributed by atoms with Crippen molar-refractivity contribution in [1.29, 1.82) is 0 Å². The summed E-state index contributed by atoms with van der Waals surface area (Å²) in [6.07, 6.45) is 0. The molecule has 0 unspecified atom stereocenters. The zero-order valence-corrected chi connectivity index (χ0v) is 16.7. The Morgan fingerprint density at radius 1 is 1.19 bits per heavy atom. The molecule has 3 aromatic rings. The molecule has 2 aromatic heterocycles. The predicted molar refractivity (Wildman–Crippen MR) is 105 cm³/mol. The van der Waals surface area contributed by atoms with Gasteiger partial charge in [0.05, 0.1) is 11.3 Å². The molecule has 0 aliphatic carbocycles. The molecule has 7 nitrogen and oxygen atoms in total. The lowest BCUT2D eigenvalue weighted by Crippen LogP contribution is -2.11. The number of carboxylic acids is 1. The van der Waals surface area contributed by atoms with Crippen molar-refractivity contribution in [3.05, 3.63) is 53.3 Å². The number of nitrogens with zero attached hydrogens (tertiary/aromatic N) is 2. The predicted octanol–water partition coefficient (Wildman–Crippen LogP) is 3.75. The second kappa shape index (κ2) is 7.16. The number of carbonyl (C=O) groups is 1. The van der Waals surface area contributed by atoms with Crippen molar-refractivity contribution < 1.29 is 18.3 Å². The standard InChI is InChI=1S/C18H19N3O4S2/c1-4-21-12(3)17(11(2)19-21)15-9-10-16(26-15)27(24,25)20-14-7-5-13(6-8-14)18(22)23/h5-10,20H,4H2,1-3H3,(H,22,23). The van der Waals surface area contributed by atoms with E-state index in [9.17, 15) is 13.2 Å². The van der Waals surface area contributed by atoms with Crippen molar-refractivity contribution >= 4 is 33.0 Å². The lowest BCUT2D eigenvalue weighted by molar-refractivity contribution is 0.0697. The maximum atomic E-state index is 12.7. The van der Waals surface area contributed by atoms with Crippen molar-refractivity contribution in [3.8, 4) is 10.4 Å². The zero-order chi connectivity index (χ0) is 19.8. The number of hydrogen-bond donors (Lipinski definition) is 2. The Hall–Kier alpha value is -2.65. The van der Waals surface area contributed by atoms with Crippen LogP contribution in [0.15, 0.2) is 40.6 Å². The second-order valence-corrected chi connectivity index (χ2v) is 8.96. The normalized spacial score (nSPS) is 11.5. The minimum Gasteiger partial charge on any atom is -0.478 e. The van der Waals surface area contributed by atoms with E-state index in [1.807, 2.05) is 25.5 Å². The van der Waals surface area contributed by atoms with Crippen LogP contribution in [-0.2, 0) is 16.6 Å². The Morgan fingerprint density at radius 2 is 1.85 bits per heavy atom. The summed E-state index contributed by atoms with van der Waals surface area (Å²) in [4.78, 5) is 11.7. The summed E-state index contributed by atoms with van der Waals surface area (Å²) in [7, 11) is -3.76.